The number of nitrogens with one attached hydrogen (secondary N) is 1. The highest BCUT2D eigenvalue weighted by Gasteiger charge is 2.30. The van der Waals surface area contributed by atoms with Gasteiger partial charge in [-0.3, -0.25) is 4.99 Å². The lowest BCUT2D eigenvalue weighted by molar-refractivity contribution is -0.274. The highest BCUT2D eigenvalue weighted by atomic mass is 19.4. The maximum atomic E-state index is 12.2. The van der Waals surface area contributed by atoms with Gasteiger partial charge in [0, 0.05) is 16.6 Å². The lowest BCUT2D eigenvalue weighted by Gasteiger charge is -2.08. The zero-order chi connectivity index (χ0) is 18.2. The van der Waals surface area contributed by atoms with Crippen molar-refractivity contribution in [2.24, 2.45) is 4.99 Å². The zero-order valence-electron chi connectivity index (χ0n) is 13.1. The van der Waals surface area contributed by atoms with Gasteiger partial charge in [-0.15, -0.1) is 13.2 Å². The fraction of sp³-hybridized carbons (Fsp3) is 0.118. The molecule has 0 amide bonds. The molecule has 25 heavy (non-hydrogen) atoms. The van der Waals surface area contributed by atoms with Crippen LogP contribution in [0, 0.1) is 0 Å². The fourth-order valence-corrected chi connectivity index (χ4v) is 2.53. The number of ether oxygens (including phenoxy) is 1. The highest BCUT2D eigenvalue weighted by Crippen LogP contribution is 2.31. The summed E-state index contributed by atoms with van der Waals surface area (Å²) in [5.41, 5.74) is 8.41. The second kappa shape index (κ2) is 6.04. The van der Waals surface area contributed by atoms with Gasteiger partial charge in [0.2, 0.25) is 0 Å². The Morgan fingerprint density at radius 3 is 2.48 bits per heavy atom. The minimum atomic E-state index is -4.74. The summed E-state index contributed by atoms with van der Waals surface area (Å²) in [4.78, 5) is 7.17. The van der Waals surface area contributed by atoms with Crippen molar-refractivity contribution in [3.8, 4) is 11.6 Å². The van der Waals surface area contributed by atoms with E-state index >= 15 is 0 Å². The monoisotopic (exact) mass is 349 g/mol. The first kappa shape index (κ1) is 16.7. The summed E-state index contributed by atoms with van der Waals surface area (Å²) in [7, 11) is 0. The Hall–Kier alpha value is -3.16. The van der Waals surface area contributed by atoms with E-state index in [-0.39, 0.29) is 11.6 Å². The topological polar surface area (TPSA) is 83.6 Å². The molecule has 3 aromatic rings. The maximum Gasteiger partial charge on any atom is 0.573 e. The number of hydrogen-bond donors (Lipinski definition) is 3. The molecule has 8 heteroatoms. The van der Waals surface area contributed by atoms with E-state index in [1.807, 2.05) is 0 Å². The van der Waals surface area contributed by atoms with Crippen LogP contribution in [0.15, 0.2) is 47.5 Å². The zero-order valence-corrected chi connectivity index (χ0v) is 13.1. The van der Waals surface area contributed by atoms with Crippen molar-refractivity contribution in [1.29, 1.82) is 0 Å². The average molecular weight is 349 g/mol. The molecular formula is C17H14F3N3O2. The number of rotatable bonds is 3. The molecule has 0 aliphatic heterocycles. The van der Waals surface area contributed by atoms with Gasteiger partial charge in [-0.1, -0.05) is 0 Å². The molecular weight excluding hydrogens is 335 g/mol. The van der Waals surface area contributed by atoms with Crippen LogP contribution in [-0.4, -0.2) is 22.2 Å². The summed E-state index contributed by atoms with van der Waals surface area (Å²) >= 11 is 0. The number of fused-ring (bicyclic) bond motifs is 1. The second-order valence-electron chi connectivity index (χ2n) is 5.39. The average Bonchev–Trinajstić information content (AvgIpc) is 2.83. The second-order valence-corrected chi connectivity index (χ2v) is 5.39. The minimum Gasteiger partial charge on any atom is -0.494 e. The number of aliphatic imine (C=N–C) groups is 1. The molecule has 0 atom stereocenters. The first-order valence-electron chi connectivity index (χ1n) is 7.24. The number of halogens is 3. The van der Waals surface area contributed by atoms with E-state index in [0.717, 1.165) is 0 Å². The number of aromatic hydroxyl groups is 1. The molecule has 0 saturated heterocycles. The van der Waals surface area contributed by atoms with Crippen LogP contribution in [0.4, 0.5) is 24.5 Å². The summed E-state index contributed by atoms with van der Waals surface area (Å²) < 4.78 is 40.3. The van der Waals surface area contributed by atoms with Crippen molar-refractivity contribution >= 4 is 28.0 Å². The van der Waals surface area contributed by atoms with Gasteiger partial charge in [-0.05, 0) is 49.4 Å². The van der Waals surface area contributed by atoms with Crippen molar-refractivity contribution in [3.63, 3.8) is 0 Å². The highest BCUT2D eigenvalue weighted by molar-refractivity contribution is 6.13. The molecule has 4 N–H and O–H groups in total. The summed E-state index contributed by atoms with van der Waals surface area (Å²) in [5, 5.41) is 10.8. The molecule has 0 aliphatic rings. The quantitative estimate of drug-likeness (QED) is 0.481. The maximum absolute atomic E-state index is 12.2. The van der Waals surface area contributed by atoms with Crippen LogP contribution in [0.3, 0.4) is 0 Å². The third-order valence-electron chi connectivity index (χ3n) is 3.53. The van der Waals surface area contributed by atoms with Gasteiger partial charge in [0.25, 0.3) is 0 Å². The number of nitrogens with two attached hydrogens (primary N) is 1. The van der Waals surface area contributed by atoms with Gasteiger partial charge in [0.1, 0.15) is 5.75 Å². The fourth-order valence-electron chi connectivity index (χ4n) is 2.53. The first-order valence-corrected chi connectivity index (χ1v) is 7.24. The van der Waals surface area contributed by atoms with Crippen molar-refractivity contribution in [2.75, 3.05) is 5.73 Å². The van der Waals surface area contributed by atoms with E-state index in [2.05, 4.69) is 14.7 Å². The third-order valence-corrected chi connectivity index (χ3v) is 3.53. The van der Waals surface area contributed by atoms with Crippen molar-refractivity contribution in [3.05, 3.63) is 48.0 Å². The van der Waals surface area contributed by atoms with Crippen LogP contribution in [0.25, 0.3) is 10.9 Å². The summed E-state index contributed by atoms with van der Waals surface area (Å²) in [6.45, 7) is 1.69. The Kier molecular flexibility index (Phi) is 4.03. The molecule has 5 nitrogen and oxygen atoms in total. The number of anilines is 1. The van der Waals surface area contributed by atoms with E-state index in [4.69, 9.17) is 5.73 Å². The van der Waals surface area contributed by atoms with Gasteiger partial charge < -0.3 is 20.6 Å². The smallest absolute Gasteiger partial charge is 0.494 e. The van der Waals surface area contributed by atoms with E-state index in [9.17, 15) is 18.3 Å². The van der Waals surface area contributed by atoms with E-state index in [1.54, 1.807) is 25.1 Å². The van der Waals surface area contributed by atoms with Gasteiger partial charge in [0.05, 0.1) is 17.0 Å². The summed E-state index contributed by atoms with van der Waals surface area (Å²) in [6.07, 6.45) is -4.74. The summed E-state index contributed by atoms with van der Waals surface area (Å²) in [6, 6.07) is 10.3. The molecule has 130 valence electrons. The molecule has 3 rings (SSSR count). The Balaban J connectivity index is 1.94. The molecule has 1 aromatic heterocycles. The van der Waals surface area contributed by atoms with Gasteiger partial charge in [-0.25, -0.2) is 0 Å². The first-order chi connectivity index (χ1) is 11.7. The molecule has 0 aliphatic carbocycles. The Morgan fingerprint density at radius 2 is 1.84 bits per heavy atom. The minimum absolute atomic E-state index is 0.0566. The molecule has 0 fully saturated rings. The number of hydrogen-bond acceptors (Lipinski definition) is 4. The molecule has 0 bridgehead atoms. The van der Waals surface area contributed by atoms with Crippen LogP contribution < -0.4 is 10.5 Å². The Morgan fingerprint density at radius 1 is 1.16 bits per heavy atom. The van der Waals surface area contributed by atoms with Gasteiger partial charge in [-0.2, -0.15) is 0 Å². The largest absolute Gasteiger partial charge is 0.573 e. The molecule has 2 aromatic carbocycles. The van der Waals surface area contributed by atoms with Gasteiger partial charge in [0.15, 0.2) is 5.88 Å². The molecule has 0 radical (unpaired) electrons. The third kappa shape index (κ3) is 3.68. The lowest BCUT2D eigenvalue weighted by Crippen LogP contribution is -2.16. The molecule has 0 saturated carbocycles. The predicted octanol–water partition coefficient (Wildman–Crippen LogP) is 4.50. The number of H-pyrrole nitrogens is 1. The van der Waals surface area contributed by atoms with Gasteiger partial charge >= 0.3 is 6.36 Å². The van der Waals surface area contributed by atoms with Crippen LogP contribution in [0.5, 0.6) is 11.6 Å². The standard InChI is InChI=1S/C17H14F3N3O2/c1-9(15-13-8-10(21)2-7-14(13)23-16(15)24)22-11-3-5-12(6-4-11)25-17(18,19)20/h2-8,23-24H,21H2,1H3. The van der Waals surface area contributed by atoms with Crippen LogP contribution in [0.1, 0.15) is 12.5 Å². The van der Waals surface area contributed by atoms with Crippen LogP contribution >= 0.6 is 0 Å². The number of nitrogens with zero attached hydrogens (tertiary/aromatic N) is 1. The number of aromatic nitrogens is 1. The van der Waals surface area contributed by atoms with Crippen LogP contribution in [-0.2, 0) is 0 Å². The molecule has 0 unspecified atom stereocenters. The number of alkyl halides is 3. The predicted molar refractivity (Wildman–Crippen MR) is 89.4 cm³/mol. The molecule has 0 spiro atoms. The SMILES string of the molecule is CC(=Nc1ccc(OC(F)(F)F)cc1)c1c(O)[nH]c2ccc(N)cc12. The van der Waals surface area contributed by atoms with E-state index in [0.29, 0.717) is 33.6 Å². The van der Waals surface area contributed by atoms with Crippen molar-refractivity contribution < 1.29 is 23.0 Å². The van der Waals surface area contributed by atoms with E-state index in [1.165, 1.54) is 24.3 Å². The Labute approximate surface area is 140 Å². The Bertz CT molecular complexity index is 944. The number of aromatic amines is 1. The number of benzene rings is 2. The van der Waals surface area contributed by atoms with E-state index < -0.39 is 6.36 Å². The van der Waals surface area contributed by atoms with Crippen molar-refractivity contribution in [2.45, 2.75) is 13.3 Å². The lowest BCUT2D eigenvalue weighted by atomic mass is 10.1. The van der Waals surface area contributed by atoms with Crippen molar-refractivity contribution in [1.82, 2.24) is 4.98 Å². The van der Waals surface area contributed by atoms with Crippen LogP contribution in [0.2, 0.25) is 0 Å². The normalized spacial score (nSPS) is 12.6. The number of nitrogen functional groups attached to an aromatic ring is 1. The summed E-state index contributed by atoms with van der Waals surface area (Å²) in [5.74, 6) is -0.384. The molecule has 1 heterocycles.